The Morgan fingerprint density at radius 3 is 2.62 bits per heavy atom. The monoisotopic (exact) mass is 336 g/mol. The van der Waals surface area contributed by atoms with Crippen molar-refractivity contribution in [2.45, 2.75) is 6.10 Å². The fourth-order valence-electron chi connectivity index (χ4n) is 1.97. The van der Waals surface area contributed by atoms with E-state index >= 15 is 0 Å². The Morgan fingerprint density at radius 2 is 2.04 bits per heavy atom. The number of carbonyl (C=O) groups is 1. The molecule has 0 aliphatic heterocycles. The number of urea groups is 1. The average Bonchev–Trinajstić information content (AvgIpc) is 2.53. The van der Waals surface area contributed by atoms with Crippen LogP contribution in [-0.4, -0.2) is 36.8 Å². The molecule has 0 fully saturated rings. The molecular formula is C16H18F2N4O2. The first-order valence-corrected chi connectivity index (χ1v) is 7.18. The second kappa shape index (κ2) is 7.69. The maximum atomic E-state index is 13.5. The predicted octanol–water partition coefficient (Wildman–Crippen LogP) is 2.28. The van der Waals surface area contributed by atoms with E-state index < -0.39 is 23.8 Å². The summed E-state index contributed by atoms with van der Waals surface area (Å²) >= 11 is 0. The van der Waals surface area contributed by atoms with E-state index in [9.17, 15) is 18.7 Å². The van der Waals surface area contributed by atoms with Crippen LogP contribution >= 0.6 is 0 Å². The molecule has 2 rings (SSSR count). The molecule has 2 aromatic rings. The zero-order chi connectivity index (χ0) is 17.7. The number of benzene rings is 1. The van der Waals surface area contributed by atoms with E-state index in [4.69, 9.17) is 0 Å². The van der Waals surface area contributed by atoms with Crippen LogP contribution in [0.4, 0.5) is 25.1 Å². The SMILES string of the molecule is CN(C)c1ccc(NC(=O)NC[C@@H](O)c2ccc(F)cc2F)cn1. The third-order valence-electron chi connectivity index (χ3n) is 3.24. The van der Waals surface area contributed by atoms with Crippen molar-refractivity contribution in [3.05, 3.63) is 53.7 Å². The largest absolute Gasteiger partial charge is 0.386 e. The van der Waals surface area contributed by atoms with Gasteiger partial charge in [-0.25, -0.2) is 18.6 Å². The second-order valence-corrected chi connectivity index (χ2v) is 5.32. The van der Waals surface area contributed by atoms with Crippen molar-refractivity contribution >= 4 is 17.5 Å². The zero-order valence-electron chi connectivity index (χ0n) is 13.3. The van der Waals surface area contributed by atoms with Crippen molar-refractivity contribution in [3.63, 3.8) is 0 Å². The molecule has 1 heterocycles. The normalized spacial score (nSPS) is 11.7. The average molecular weight is 336 g/mol. The van der Waals surface area contributed by atoms with Crippen LogP contribution in [0.15, 0.2) is 36.5 Å². The summed E-state index contributed by atoms with van der Waals surface area (Å²) < 4.78 is 26.4. The first-order valence-electron chi connectivity index (χ1n) is 7.18. The molecular weight excluding hydrogens is 318 g/mol. The summed E-state index contributed by atoms with van der Waals surface area (Å²) in [5.74, 6) is -0.862. The Balaban J connectivity index is 1.88. The Hall–Kier alpha value is -2.74. The molecule has 0 spiro atoms. The molecule has 0 aliphatic carbocycles. The van der Waals surface area contributed by atoms with Crippen molar-refractivity contribution in [2.75, 3.05) is 30.9 Å². The lowest BCUT2D eigenvalue weighted by atomic mass is 10.1. The number of aliphatic hydroxyl groups is 1. The fraction of sp³-hybridized carbons (Fsp3) is 0.250. The number of rotatable bonds is 5. The van der Waals surface area contributed by atoms with Gasteiger partial charge in [0.25, 0.3) is 0 Å². The highest BCUT2D eigenvalue weighted by Gasteiger charge is 2.14. The first-order chi connectivity index (χ1) is 11.4. The summed E-state index contributed by atoms with van der Waals surface area (Å²) in [6.45, 7) is -0.225. The third kappa shape index (κ3) is 4.63. The first kappa shape index (κ1) is 17.6. The highest BCUT2D eigenvalue weighted by Crippen LogP contribution is 2.17. The van der Waals surface area contributed by atoms with Crippen LogP contribution < -0.4 is 15.5 Å². The molecule has 0 saturated carbocycles. The molecule has 3 N–H and O–H groups in total. The fourth-order valence-corrected chi connectivity index (χ4v) is 1.97. The lowest BCUT2D eigenvalue weighted by Gasteiger charge is -2.14. The molecule has 6 nitrogen and oxygen atoms in total. The molecule has 0 unspecified atom stereocenters. The van der Waals surface area contributed by atoms with Crippen LogP contribution in [0.25, 0.3) is 0 Å². The van der Waals surface area contributed by atoms with E-state index in [0.29, 0.717) is 11.8 Å². The molecule has 1 aromatic carbocycles. The number of aliphatic hydroxyl groups excluding tert-OH is 1. The summed E-state index contributed by atoms with van der Waals surface area (Å²) in [5, 5.41) is 14.8. The minimum absolute atomic E-state index is 0.0892. The van der Waals surface area contributed by atoms with Gasteiger partial charge in [0, 0.05) is 32.3 Å². The molecule has 0 aliphatic rings. The van der Waals surface area contributed by atoms with Gasteiger partial charge >= 0.3 is 6.03 Å². The van der Waals surface area contributed by atoms with E-state index in [1.165, 1.54) is 6.20 Å². The Bertz CT molecular complexity index is 708. The smallest absolute Gasteiger partial charge is 0.319 e. The number of amides is 2. The van der Waals surface area contributed by atoms with E-state index in [-0.39, 0.29) is 12.1 Å². The standard InChI is InChI=1S/C16H18F2N4O2/c1-22(2)15-6-4-11(8-19-15)21-16(24)20-9-14(23)12-5-3-10(17)7-13(12)18/h3-8,14,23H,9H2,1-2H3,(H2,20,21,24)/t14-/m1/s1. The lowest BCUT2D eigenvalue weighted by Crippen LogP contribution is -2.32. The summed E-state index contributed by atoms with van der Waals surface area (Å²) in [6.07, 6.45) is 0.205. The lowest BCUT2D eigenvalue weighted by molar-refractivity contribution is 0.170. The van der Waals surface area contributed by atoms with Crippen LogP contribution in [-0.2, 0) is 0 Å². The number of halogens is 2. The zero-order valence-corrected chi connectivity index (χ0v) is 13.3. The maximum Gasteiger partial charge on any atom is 0.319 e. The van der Waals surface area contributed by atoms with Crippen LogP contribution in [0.3, 0.4) is 0 Å². The molecule has 1 aromatic heterocycles. The number of hydrogen-bond acceptors (Lipinski definition) is 4. The number of nitrogens with one attached hydrogen (secondary N) is 2. The number of carbonyl (C=O) groups excluding carboxylic acids is 1. The van der Waals surface area contributed by atoms with Gasteiger partial charge < -0.3 is 20.6 Å². The van der Waals surface area contributed by atoms with E-state index in [2.05, 4.69) is 15.6 Å². The van der Waals surface area contributed by atoms with Crippen LogP contribution in [0.2, 0.25) is 0 Å². The minimum atomic E-state index is -1.29. The molecule has 8 heteroatoms. The number of hydrogen-bond donors (Lipinski definition) is 3. The molecule has 0 saturated heterocycles. The van der Waals surface area contributed by atoms with Crippen LogP contribution in [0.5, 0.6) is 0 Å². The van der Waals surface area contributed by atoms with Crippen molar-refractivity contribution < 1.29 is 18.7 Å². The Kier molecular flexibility index (Phi) is 5.64. The van der Waals surface area contributed by atoms with Gasteiger partial charge in [-0.15, -0.1) is 0 Å². The van der Waals surface area contributed by atoms with E-state index in [0.717, 1.165) is 18.0 Å². The van der Waals surface area contributed by atoms with E-state index in [1.54, 1.807) is 12.1 Å². The summed E-state index contributed by atoms with van der Waals surface area (Å²) in [4.78, 5) is 17.7. The van der Waals surface area contributed by atoms with E-state index in [1.807, 2.05) is 19.0 Å². The molecule has 0 bridgehead atoms. The van der Waals surface area contributed by atoms with Gasteiger partial charge in [0.05, 0.1) is 18.0 Å². The maximum absolute atomic E-state index is 13.5. The summed E-state index contributed by atoms with van der Waals surface area (Å²) in [6, 6.07) is 5.70. The predicted molar refractivity (Wildman–Crippen MR) is 86.9 cm³/mol. The summed E-state index contributed by atoms with van der Waals surface area (Å²) in [5.41, 5.74) is 0.384. The van der Waals surface area contributed by atoms with Crippen molar-refractivity contribution in [2.24, 2.45) is 0 Å². The van der Waals surface area contributed by atoms with Gasteiger partial charge in [0.1, 0.15) is 17.5 Å². The molecule has 1 atom stereocenters. The van der Waals surface area contributed by atoms with Gasteiger partial charge in [0.2, 0.25) is 0 Å². The number of pyridine rings is 1. The van der Waals surface area contributed by atoms with Crippen LogP contribution in [0, 0.1) is 11.6 Å². The van der Waals surface area contributed by atoms with Crippen molar-refractivity contribution in [1.82, 2.24) is 10.3 Å². The topological polar surface area (TPSA) is 77.5 Å². The molecule has 128 valence electrons. The summed E-state index contributed by atoms with van der Waals surface area (Å²) in [7, 11) is 3.69. The number of anilines is 2. The van der Waals surface area contributed by atoms with Gasteiger partial charge in [-0.2, -0.15) is 0 Å². The number of aromatic nitrogens is 1. The second-order valence-electron chi connectivity index (χ2n) is 5.32. The highest BCUT2D eigenvalue weighted by molar-refractivity contribution is 5.89. The van der Waals surface area contributed by atoms with Gasteiger partial charge in [-0.3, -0.25) is 0 Å². The Labute approximate surface area is 138 Å². The van der Waals surface area contributed by atoms with Crippen molar-refractivity contribution in [1.29, 1.82) is 0 Å². The number of nitrogens with zero attached hydrogens (tertiary/aromatic N) is 2. The highest BCUT2D eigenvalue weighted by atomic mass is 19.1. The quantitative estimate of drug-likeness (QED) is 0.783. The third-order valence-corrected chi connectivity index (χ3v) is 3.24. The van der Waals surface area contributed by atoms with Gasteiger partial charge in [0.15, 0.2) is 0 Å². The minimum Gasteiger partial charge on any atom is -0.386 e. The van der Waals surface area contributed by atoms with Gasteiger partial charge in [-0.05, 0) is 18.2 Å². The Morgan fingerprint density at radius 1 is 1.29 bits per heavy atom. The van der Waals surface area contributed by atoms with Crippen LogP contribution in [0.1, 0.15) is 11.7 Å². The van der Waals surface area contributed by atoms with Gasteiger partial charge in [-0.1, -0.05) is 6.07 Å². The van der Waals surface area contributed by atoms with Crippen molar-refractivity contribution in [3.8, 4) is 0 Å². The molecule has 2 amide bonds. The molecule has 24 heavy (non-hydrogen) atoms. The molecule has 0 radical (unpaired) electrons.